The molecule has 9 heteroatoms. The number of carbonyl (C=O) groups is 2. The molecule has 0 spiro atoms. The van der Waals surface area contributed by atoms with Gasteiger partial charge in [0.1, 0.15) is 0 Å². The quantitative estimate of drug-likeness (QED) is 0.363. The van der Waals surface area contributed by atoms with Gasteiger partial charge in [0.15, 0.2) is 0 Å². The summed E-state index contributed by atoms with van der Waals surface area (Å²) >= 11 is 0. The van der Waals surface area contributed by atoms with Gasteiger partial charge in [-0.2, -0.15) is 0 Å². The van der Waals surface area contributed by atoms with Gasteiger partial charge >= 0.3 is 13.6 Å². The van der Waals surface area contributed by atoms with Crippen LogP contribution >= 0.6 is 7.60 Å². The van der Waals surface area contributed by atoms with E-state index in [0.29, 0.717) is 25.7 Å². The van der Waals surface area contributed by atoms with E-state index in [2.05, 4.69) is 10.6 Å². The van der Waals surface area contributed by atoms with Crippen LogP contribution in [0.1, 0.15) is 31.2 Å². The number of rotatable bonds is 9. The fourth-order valence-corrected chi connectivity index (χ4v) is 4.43. The highest BCUT2D eigenvalue weighted by Crippen LogP contribution is 2.32. The van der Waals surface area contributed by atoms with E-state index in [0.717, 1.165) is 16.7 Å². The molecule has 0 aliphatic heterocycles. The predicted molar refractivity (Wildman–Crippen MR) is 121 cm³/mol. The molecule has 1 saturated carbocycles. The lowest BCUT2D eigenvalue weighted by atomic mass is 9.86. The number of carboxylic acid groups (broad SMARTS) is 1. The van der Waals surface area contributed by atoms with E-state index in [4.69, 9.17) is 5.11 Å². The molecule has 1 unspecified atom stereocenters. The van der Waals surface area contributed by atoms with Crippen molar-refractivity contribution in [2.24, 2.45) is 5.92 Å². The van der Waals surface area contributed by atoms with Crippen LogP contribution in [0.2, 0.25) is 0 Å². The van der Waals surface area contributed by atoms with Gasteiger partial charge in [-0.3, -0.25) is 19.5 Å². The molecule has 1 aliphatic rings. The Bertz CT molecular complexity index is 952. The molecule has 3 rings (SSSR count). The maximum Gasteiger partial charge on any atom is 0.339 e. The van der Waals surface area contributed by atoms with E-state index < -0.39 is 25.9 Å². The van der Waals surface area contributed by atoms with E-state index in [9.17, 15) is 23.9 Å². The molecule has 32 heavy (non-hydrogen) atoms. The minimum Gasteiger partial charge on any atom is -0.481 e. The van der Waals surface area contributed by atoms with Crippen molar-refractivity contribution in [1.29, 1.82) is 0 Å². The van der Waals surface area contributed by atoms with Crippen molar-refractivity contribution in [3.63, 3.8) is 0 Å². The number of nitrogens with one attached hydrogen (secondary N) is 2. The van der Waals surface area contributed by atoms with E-state index in [-0.39, 0.29) is 24.3 Å². The minimum atomic E-state index is -4.33. The molecular weight excluding hydrogens is 431 g/mol. The lowest BCUT2D eigenvalue weighted by Gasteiger charge is -2.29. The zero-order chi connectivity index (χ0) is 23.1. The first kappa shape index (κ1) is 24.1. The average Bonchev–Trinajstić information content (AvgIpc) is 2.77. The van der Waals surface area contributed by atoms with Crippen molar-refractivity contribution in [2.75, 3.05) is 6.29 Å². The van der Waals surface area contributed by atoms with Gasteiger partial charge in [0.2, 0.25) is 5.91 Å². The Hall–Kier alpha value is -2.51. The maximum atomic E-state index is 12.9. The molecule has 8 nitrogen and oxygen atoms in total. The van der Waals surface area contributed by atoms with Gasteiger partial charge in [-0.15, -0.1) is 0 Å². The van der Waals surface area contributed by atoms with Crippen LogP contribution in [0.15, 0.2) is 54.6 Å². The van der Waals surface area contributed by atoms with Crippen LogP contribution in [0.3, 0.4) is 0 Å². The summed E-state index contributed by atoms with van der Waals surface area (Å²) in [6.45, 7) is 0. The molecular formula is C23H29N2O6P. The molecule has 1 atom stereocenters. The van der Waals surface area contributed by atoms with E-state index in [1.54, 1.807) is 0 Å². The van der Waals surface area contributed by atoms with Crippen molar-refractivity contribution in [2.45, 2.75) is 44.2 Å². The second-order valence-corrected chi connectivity index (χ2v) is 9.89. The lowest BCUT2D eigenvalue weighted by molar-refractivity contribution is -0.142. The summed E-state index contributed by atoms with van der Waals surface area (Å²) in [6.07, 6.45) is 1.81. The number of benzene rings is 2. The highest BCUT2D eigenvalue weighted by molar-refractivity contribution is 7.51. The minimum absolute atomic E-state index is 0.141. The molecule has 1 aliphatic carbocycles. The number of hydrogen-bond donors (Lipinski definition) is 5. The monoisotopic (exact) mass is 460 g/mol. The fraction of sp³-hybridized carbons (Fsp3) is 0.391. The third-order valence-electron chi connectivity index (χ3n) is 5.78. The maximum absolute atomic E-state index is 12.9. The van der Waals surface area contributed by atoms with Gasteiger partial charge in [-0.25, -0.2) is 0 Å². The predicted octanol–water partition coefficient (Wildman–Crippen LogP) is 2.75. The molecule has 0 radical (unpaired) electrons. The number of aliphatic carboxylic acids is 1. The van der Waals surface area contributed by atoms with Crippen molar-refractivity contribution in [3.8, 4) is 11.1 Å². The Kier molecular flexibility index (Phi) is 8.21. The van der Waals surface area contributed by atoms with Crippen molar-refractivity contribution >= 4 is 19.5 Å². The molecule has 0 saturated heterocycles. The molecule has 0 bridgehead atoms. The van der Waals surface area contributed by atoms with Gasteiger partial charge in [0, 0.05) is 6.04 Å². The van der Waals surface area contributed by atoms with Crippen molar-refractivity contribution < 1.29 is 29.0 Å². The summed E-state index contributed by atoms with van der Waals surface area (Å²) in [5.41, 5.74) is 2.97. The summed E-state index contributed by atoms with van der Waals surface area (Å²) in [6, 6.07) is 16.6. The number of carbonyl (C=O) groups excluding carboxylic acids is 1. The second kappa shape index (κ2) is 10.9. The Balaban J connectivity index is 1.65. The molecule has 5 N–H and O–H groups in total. The molecule has 0 aromatic heterocycles. The van der Waals surface area contributed by atoms with Crippen LogP contribution in [0, 0.1) is 5.92 Å². The van der Waals surface area contributed by atoms with Gasteiger partial charge in [-0.05, 0) is 48.8 Å². The van der Waals surface area contributed by atoms with Gasteiger partial charge < -0.3 is 20.2 Å². The zero-order valence-corrected chi connectivity index (χ0v) is 18.6. The summed E-state index contributed by atoms with van der Waals surface area (Å²) in [4.78, 5) is 42.5. The number of carboxylic acids is 1. The summed E-state index contributed by atoms with van der Waals surface area (Å²) in [5, 5.41) is 14.8. The van der Waals surface area contributed by atoms with E-state index in [1.165, 1.54) is 0 Å². The van der Waals surface area contributed by atoms with Crippen LogP contribution in [-0.2, 0) is 20.6 Å². The molecule has 1 amide bonds. The Morgan fingerprint density at radius 1 is 0.938 bits per heavy atom. The second-order valence-electron chi connectivity index (χ2n) is 8.24. The molecule has 1 fully saturated rings. The largest absolute Gasteiger partial charge is 0.481 e. The van der Waals surface area contributed by atoms with Crippen LogP contribution in [0.5, 0.6) is 0 Å². The first-order valence-electron chi connectivity index (χ1n) is 10.7. The van der Waals surface area contributed by atoms with Gasteiger partial charge in [-0.1, -0.05) is 54.6 Å². The topological polar surface area (TPSA) is 136 Å². The van der Waals surface area contributed by atoms with E-state index >= 15 is 0 Å². The van der Waals surface area contributed by atoms with E-state index in [1.807, 2.05) is 54.6 Å². The van der Waals surface area contributed by atoms with Crippen LogP contribution in [0.25, 0.3) is 11.1 Å². The van der Waals surface area contributed by atoms with Crippen LogP contribution < -0.4 is 10.6 Å². The normalized spacial score (nSPS) is 19.8. The third-order valence-corrected chi connectivity index (χ3v) is 6.38. The molecule has 2 aromatic rings. The highest BCUT2D eigenvalue weighted by atomic mass is 31.2. The summed E-state index contributed by atoms with van der Waals surface area (Å²) < 4.78 is 11.3. The Labute approximate surface area is 187 Å². The number of hydrogen-bond acceptors (Lipinski definition) is 4. The van der Waals surface area contributed by atoms with Crippen LogP contribution in [0.4, 0.5) is 0 Å². The Morgan fingerprint density at radius 3 is 2.09 bits per heavy atom. The standard InChI is InChI=1S/C23H29N2O6P/c26-22(25-20-12-10-19(11-13-20)23(27)28)21(24-15-32(29,30)31)14-16-6-8-18(9-7-16)17-4-2-1-3-5-17/h1-9,19-21,24H,10-15H2,(H,25,26)(H,27,28)(H2,29,30,31). The fourth-order valence-electron chi connectivity index (χ4n) is 3.97. The van der Waals surface area contributed by atoms with Gasteiger partial charge in [0.25, 0.3) is 0 Å². The smallest absolute Gasteiger partial charge is 0.339 e. The van der Waals surface area contributed by atoms with Crippen molar-refractivity contribution in [1.82, 2.24) is 10.6 Å². The first-order valence-corrected chi connectivity index (χ1v) is 12.5. The zero-order valence-electron chi connectivity index (χ0n) is 17.7. The lowest BCUT2D eigenvalue weighted by Crippen LogP contribution is -2.50. The SMILES string of the molecule is O=C(O)C1CCC(NC(=O)C(Cc2ccc(-c3ccccc3)cc2)NCP(=O)(O)O)CC1. The van der Waals surface area contributed by atoms with Gasteiger partial charge in [0.05, 0.1) is 18.2 Å². The Morgan fingerprint density at radius 2 is 1.53 bits per heavy atom. The third kappa shape index (κ3) is 7.28. The van der Waals surface area contributed by atoms with Crippen LogP contribution in [-0.4, -0.2) is 45.1 Å². The number of amides is 1. The average molecular weight is 460 g/mol. The highest BCUT2D eigenvalue weighted by Gasteiger charge is 2.29. The summed E-state index contributed by atoms with van der Waals surface area (Å²) in [7, 11) is -4.33. The molecule has 2 aromatic carbocycles. The van der Waals surface area contributed by atoms with Crippen molar-refractivity contribution in [3.05, 3.63) is 60.2 Å². The molecule has 0 heterocycles. The summed E-state index contributed by atoms with van der Waals surface area (Å²) in [5.74, 6) is -1.53. The molecule has 172 valence electrons. The first-order chi connectivity index (χ1) is 15.2.